The smallest absolute Gasteiger partial charge is 0.177 e. The average molecular weight is 349 g/mol. The summed E-state index contributed by atoms with van der Waals surface area (Å²) < 4.78 is 12.8. The fourth-order valence-electron chi connectivity index (χ4n) is 2.51. The molecule has 0 atom stereocenters. The highest BCUT2D eigenvalue weighted by Gasteiger charge is 2.11. The number of halogens is 2. The molecule has 2 aromatic carbocycles. The van der Waals surface area contributed by atoms with E-state index in [2.05, 4.69) is 10.8 Å². The molecule has 118 valence electrons. The Labute approximate surface area is 145 Å². The average Bonchev–Trinajstić information content (AvgIpc) is 2.56. The van der Waals surface area contributed by atoms with Crippen molar-refractivity contribution in [3.8, 4) is 11.5 Å². The number of hydrogen-bond donors (Lipinski definition) is 0. The van der Waals surface area contributed by atoms with Crippen LogP contribution < -0.4 is 14.0 Å². The molecule has 0 unspecified atom stereocenters. The van der Waals surface area contributed by atoms with Crippen LogP contribution in [0.5, 0.6) is 11.5 Å². The van der Waals surface area contributed by atoms with E-state index < -0.39 is 0 Å². The topological polar surface area (TPSA) is 22.3 Å². The molecular weight excluding hydrogens is 333 g/mol. The molecule has 0 aliphatic rings. The van der Waals surface area contributed by atoms with Gasteiger partial charge in [0.15, 0.2) is 30.4 Å². The van der Waals surface area contributed by atoms with E-state index >= 15 is 0 Å². The highest BCUT2D eigenvalue weighted by molar-refractivity contribution is 6.35. The highest BCUT2D eigenvalue weighted by Crippen LogP contribution is 2.31. The molecule has 1 heterocycles. The van der Waals surface area contributed by atoms with E-state index in [-0.39, 0.29) is 0 Å². The van der Waals surface area contributed by atoms with Crippen molar-refractivity contribution < 1.29 is 14.0 Å². The van der Waals surface area contributed by atoms with E-state index in [0.717, 1.165) is 22.1 Å². The van der Waals surface area contributed by atoms with Gasteiger partial charge in [-0.3, -0.25) is 0 Å². The number of rotatable bonds is 4. The summed E-state index contributed by atoms with van der Waals surface area (Å²) in [6.07, 6.45) is 4.07. The third-order valence-corrected chi connectivity index (χ3v) is 4.29. The van der Waals surface area contributed by atoms with Crippen LogP contribution in [0.1, 0.15) is 5.56 Å². The Bertz CT molecular complexity index is 865. The predicted molar refractivity (Wildman–Crippen MR) is 92.8 cm³/mol. The molecule has 0 radical (unpaired) electrons. The van der Waals surface area contributed by atoms with Crippen LogP contribution in [-0.2, 0) is 6.54 Å². The first-order valence-corrected chi connectivity index (χ1v) is 7.85. The van der Waals surface area contributed by atoms with Gasteiger partial charge in [0.2, 0.25) is 0 Å². The van der Waals surface area contributed by atoms with Crippen molar-refractivity contribution in [2.45, 2.75) is 6.54 Å². The lowest BCUT2D eigenvalue weighted by Gasteiger charge is -2.08. The standard InChI is InChI=1S/C18H16Cl2NO2/c1-22-17-7-12-5-6-21(11-14(12)8-18(17)23-2)10-13-3-4-15(19)9-16(13)20/h3-9,11H,10H2,1-2H3/q+1. The van der Waals surface area contributed by atoms with Gasteiger partial charge in [0.25, 0.3) is 0 Å². The van der Waals surface area contributed by atoms with Crippen LogP contribution in [0.4, 0.5) is 0 Å². The molecule has 0 bridgehead atoms. The molecule has 0 amide bonds. The second kappa shape index (κ2) is 6.65. The van der Waals surface area contributed by atoms with Crippen LogP contribution in [0.3, 0.4) is 0 Å². The molecular formula is C18H16Cl2NO2+. The van der Waals surface area contributed by atoms with Crippen molar-refractivity contribution in [2.24, 2.45) is 0 Å². The molecule has 0 N–H and O–H groups in total. The summed E-state index contributed by atoms with van der Waals surface area (Å²) in [7, 11) is 3.27. The van der Waals surface area contributed by atoms with Crippen LogP contribution in [-0.4, -0.2) is 14.2 Å². The van der Waals surface area contributed by atoms with Gasteiger partial charge in [-0.05, 0) is 35.7 Å². The molecule has 0 aliphatic carbocycles. The molecule has 0 aliphatic heterocycles. The minimum atomic E-state index is 0.638. The summed E-state index contributed by atoms with van der Waals surface area (Å²) >= 11 is 12.2. The maximum atomic E-state index is 6.25. The summed E-state index contributed by atoms with van der Waals surface area (Å²) in [5, 5.41) is 3.45. The molecule has 3 nitrogen and oxygen atoms in total. The Balaban J connectivity index is 1.99. The molecule has 3 rings (SSSR count). The number of ether oxygens (including phenoxy) is 2. The Hall–Kier alpha value is -1.97. The minimum absolute atomic E-state index is 0.638. The summed E-state index contributed by atoms with van der Waals surface area (Å²) in [6, 6.07) is 11.5. The lowest BCUT2D eigenvalue weighted by Crippen LogP contribution is -2.33. The first kappa shape index (κ1) is 15.9. The third-order valence-electron chi connectivity index (χ3n) is 3.71. The van der Waals surface area contributed by atoms with Crippen molar-refractivity contribution >= 4 is 34.0 Å². The van der Waals surface area contributed by atoms with E-state index in [4.69, 9.17) is 32.7 Å². The number of methoxy groups -OCH3 is 2. The number of fused-ring (bicyclic) bond motifs is 1. The van der Waals surface area contributed by atoms with Crippen molar-refractivity contribution in [1.29, 1.82) is 0 Å². The van der Waals surface area contributed by atoms with E-state index in [1.54, 1.807) is 20.3 Å². The molecule has 3 aromatic rings. The first-order valence-electron chi connectivity index (χ1n) is 7.09. The maximum Gasteiger partial charge on any atom is 0.177 e. The largest absolute Gasteiger partial charge is 0.493 e. The van der Waals surface area contributed by atoms with Crippen molar-refractivity contribution in [3.05, 3.63) is 64.4 Å². The summed E-state index contributed by atoms with van der Waals surface area (Å²) in [6.45, 7) is 0.667. The Morgan fingerprint density at radius 1 is 0.913 bits per heavy atom. The van der Waals surface area contributed by atoms with Gasteiger partial charge in [-0.1, -0.05) is 23.2 Å². The second-order valence-corrected chi connectivity index (χ2v) is 6.03. The van der Waals surface area contributed by atoms with Gasteiger partial charge in [0, 0.05) is 22.0 Å². The molecule has 0 saturated heterocycles. The summed E-state index contributed by atoms with van der Waals surface area (Å²) in [5.74, 6) is 1.43. The van der Waals surface area contributed by atoms with Gasteiger partial charge >= 0.3 is 0 Å². The highest BCUT2D eigenvalue weighted by atomic mass is 35.5. The van der Waals surface area contributed by atoms with E-state index in [1.165, 1.54) is 0 Å². The van der Waals surface area contributed by atoms with Gasteiger partial charge in [0.1, 0.15) is 0 Å². The summed E-state index contributed by atoms with van der Waals surface area (Å²) in [4.78, 5) is 0. The van der Waals surface area contributed by atoms with Crippen molar-refractivity contribution in [2.75, 3.05) is 14.2 Å². The molecule has 0 spiro atoms. The summed E-state index contributed by atoms with van der Waals surface area (Å²) in [5.41, 5.74) is 1.01. The van der Waals surface area contributed by atoms with Gasteiger partial charge in [-0.15, -0.1) is 0 Å². The SMILES string of the molecule is COc1cc2cc[n+](Cc3ccc(Cl)cc3Cl)cc2cc1OC. The molecule has 23 heavy (non-hydrogen) atoms. The fraction of sp³-hybridized carbons (Fsp3) is 0.167. The van der Waals surface area contributed by atoms with Crippen LogP contribution in [0.15, 0.2) is 48.8 Å². The van der Waals surface area contributed by atoms with Crippen molar-refractivity contribution in [3.63, 3.8) is 0 Å². The quantitative estimate of drug-likeness (QED) is 0.647. The van der Waals surface area contributed by atoms with Crippen LogP contribution in [0.25, 0.3) is 10.8 Å². The van der Waals surface area contributed by atoms with Gasteiger partial charge in [-0.2, -0.15) is 0 Å². The molecule has 1 aromatic heterocycles. The van der Waals surface area contributed by atoms with Crippen LogP contribution in [0, 0.1) is 0 Å². The second-order valence-electron chi connectivity index (χ2n) is 5.19. The van der Waals surface area contributed by atoms with Crippen molar-refractivity contribution in [1.82, 2.24) is 0 Å². The number of aromatic nitrogens is 1. The Morgan fingerprint density at radius 2 is 1.61 bits per heavy atom. The van der Waals surface area contributed by atoms with Gasteiger partial charge in [-0.25, -0.2) is 4.57 Å². The number of nitrogens with zero attached hydrogens (tertiary/aromatic N) is 1. The normalized spacial score (nSPS) is 10.8. The van der Waals surface area contributed by atoms with Gasteiger partial charge in [0.05, 0.1) is 19.2 Å². The zero-order valence-electron chi connectivity index (χ0n) is 12.8. The number of pyridine rings is 1. The molecule has 5 heteroatoms. The maximum absolute atomic E-state index is 6.25. The number of hydrogen-bond acceptors (Lipinski definition) is 2. The Kier molecular flexibility index (Phi) is 4.60. The van der Waals surface area contributed by atoms with Crippen LogP contribution in [0.2, 0.25) is 10.0 Å². The fourth-order valence-corrected chi connectivity index (χ4v) is 2.98. The predicted octanol–water partition coefficient (Wildman–Crippen LogP) is 4.50. The lowest BCUT2D eigenvalue weighted by molar-refractivity contribution is -0.687. The van der Waals surface area contributed by atoms with E-state index in [9.17, 15) is 0 Å². The molecule has 0 fully saturated rings. The zero-order valence-corrected chi connectivity index (χ0v) is 14.4. The first-order chi connectivity index (χ1) is 11.1. The third kappa shape index (κ3) is 3.36. The van der Waals surface area contributed by atoms with E-state index in [0.29, 0.717) is 22.3 Å². The Morgan fingerprint density at radius 3 is 2.26 bits per heavy atom. The van der Waals surface area contributed by atoms with Crippen LogP contribution >= 0.6 is 23.2 Å². The number of benzene rings is 2. The lowest BCUT2D eigenvalue weighted by atomic mass is 10.1. The zero-order chi connectivity index (χ0) is 16.4. The van der Waals surface area contributed by atoms with E-state index in [1.807, 2.05) is 36.5 Å². The minimum Gasteiger partial charge on any atom is -0.493 e. The van der Waals surface area contributed by atoms with Gasteiger partial charge < -0.3 is 9.47 Å². The molecule has 0 saturated carbocycles. The monoisotopic (exact) mass is 348 g/mol.